The molecule has 0 amide bonds. The summed E-state index contributed by atoms with van der Waals surface area (Å²) in [5, 5.41) is 0. The fraction of sp³-hybridized carbons (Fsp3) is 0.600. The van der Waals surface area contributed by atoms with Crippen LogP contribution in [0.15, 0.2) is 16.6 Å². The highest BCUT2D eigenvalue weighted by molar-refractivity contribution is 9.10. The summed E-state index contributed by atoms with van der Waals surface area (Å²) in [4.78, 5) is 2.35. The third-order valence-electron chi connectivity index (χ3n) is 3.90. The fourth-order valence-electron chi connectivity index (χ4n) is 2.62. The maximum absolute atomic E-state index is 6.43. The van der Waals surface area contributed by atoms with Crippen LogP contribution in [0, 0.1) is 0 Å². The normalized spacial score (nSPS) is 21.1. The zero-order valence-corrected chi connectivity index (χ0v) is 14.4. The van der Waals surface area contributed by atoms with E-state index in [-0.39, 0.29) is 12.1 Å². The molecular formula is C15H23BrN2O3. The lowest BCUT2D eigenvalue weighted by Crippen LogP contribution is -2.46. The second-order valence-electron chi connectivity index (χ2n) is 5.03. The van der Waals surface area contributed by atoms with Gasteiger partial charge in [0.2, 0.25) is 0 Å². The molecule has 5 nitrogen and oxygen atoms in total. The van der Waals surface area contributed by atoms with Crippen LogP contribution in [0.3, 0.4) is 0 Å². The molecule has 1 heterocycles. The summed E-state index contributed by atoms with van der Waals surface area (Å²) in [6.07, 6.45) is -0.0344. The Morgan fingerprint density at radius 3 is 2.81 bits per heavy atom. The molecule has 1 saturated heterocycles. The second kappa shape index (κ2) is 7.45. The molecule has 0 radical (unpaired) electrons. The zero-order chi connectivity index (χ0) is 15.4. The second-order valence-corrected chi connectivity index (χ2v) is 5.83. The number of hydrogen-bond donors (Lipinski definition) is 1. The van der Waals surface area contributed by atoms with E-state index in [1.807, 2.05) is 12.1 Å². The van der Waals surface area contributed by atoms with Crippen molar-refractivity contribution in [2.45, 2.75) is 19.1 Å². The number of morpholine rings is 1. The highest BCUT2D eigenvalue weighted by Gasteiger charge is 2.29. The molecule has 2 atom stereocenters. The van der Waals surface area contributed by atoms with E-state index in [1.165, 1.54) is 0 Å². The Hall–Kier alpha value is -0.820. The molecule has 1 aliphatic rings. The number of nitrogens with zero attached hydrogens (tertiary/aromatic N) is 1. The first-order valence-electron chi connectivity index (χ1n) is 7.12. The van der Waals surface area contributed by atoms with Gasteiger partial charge in [0.15, 0.2) is 0 Å². The van der Waals surface area contributed by atoms with Gasteiger partial charge in [0, 0.05) is 18.7 Å². The highest BCUT2D eigenvalue weighted by Crippen LogP contribution is 2.40. The van der Waals surface area contributed by atoms with E-state index in [0.717, 1.165) is 35.4 Å². The SMILES string of the molecule is CCN1CCOC(C(N)c2ccc(OC)c(Br)c2OC)C1. The van der Waals surface area contributed by atoms with Gasteiger partial charge in [-0.15, -0.1) is 0 Å². The van der Waals surface area contributed by atoms with Crippen molar-refractivity contribution in [3.8, 4) is 11.5 Å². The molecule has 6 heteroatoms. The van der Waals surface area contributed by atoms with Crippen LogP contribution >= 0.6 is 15.9 Å². The molecule has 0 spiro atoms. The van der Waals surface area contributed by atoms with Crippen LogP contribution in [-0.4, -0.2) is 51.5 Å². The Morgan fingerprint density at radius 2 is 2.19 bits per heavy atom. The number of nitrogens with two attached hydrogens (primary N) is 1. The molecule has 0 aromatic heterocycles. The molecule has 118 valence electrons. The van der Waals surface area contributed by atoms with Crippen LogP contribution in [0.25, 0.3) is 0 Å². The molecule has 1 aromatic rings. The summed E-state index contributed by atoms with van der Waals surface area (Å²) in [6, 6.07) is 3.60. The summed E-state index contributed by atoms with van der Waals surface area (Å²) in [5.74, 6) is 1.43. The van der Waals surface area contributed by atoms with Crippen LogP contribution in [0.4, 0.5) is 0 Å². The zero-order valence-electron chi connectivity index (χ0n) is 12.8. The van der Waals surface area contributed by atoms with Gasteiger partial charge in [0.1, 0.15) is 16.0 Å². The number of methoxy groups -OCH3 is 2. The van der Waals surface area contributed by atoms with Gasteiger partial charge in [-0.2, -0.15) is 0 Å². The van der Waals surface area contributed by atoms with E-state index in [9.17, 15) is 0 Å². The Kier molecular flexibility index (Phi) is 5.87. The van der Waals surface area contributed by atoms with Crippen molar-refractivity contribution in [3.63, 3.8) is 0 Å². The first-order valence-corrected chi connectivity index (χ1v) is 7.91. The molecule has 0 aliphatic carbocycles. The topological polar surface area (TPSA) is 57.0 Å². The van der Waals surface area contributed by atoms with Crippen LogP contribution < -0.4 is 15.2 Å². The van der Waals surface area contributed by atoms with Crippen molar-refractivity contribution >= 4 is 15.9 Å². The monoisotopic (exact) mass is 358 g/mol. The minimum Gasteiger partial charge on any atom is -0.495 e. The van der Waals surface area contributed by atoms with Gasteiger partial charge in [0.25, 0.3) is 0 Å². The van der Waals surface area contributed by atoms with Crippen LogP contribution in [-0.2, 0) is 4.74 Å². The predicted octanol–water partition coefficient (Wildman–Crippen LogP) is 2.19. The van der Waals surface area contributed by atoms with Gasteiger partial charge in [0.05, 0.1) is 33.0 Å². The molecule has 1 aromatic carbocycles. The Balaban J connectivity index is 2.26. The van der Waals surface area contributed by atoms with E-state index in [4.69, 9.17) is 19.9 Å². The average Bonchev–Trinajstić information content (AvgIpc) is 2.53. The fourth-order valence-corrected chi connectivity index (χ4v) is 3.30. The summed E-state index contributed by atoms with van der Waals surface area (Å²) in [7, 11) is 3.26. The lowest BCUT2D eigenvalue weighted by atomic mass is 9.99. The van der Waals surface area contributed by atoms with Gasteiger partial charge in [-0.05, 0) is 34.6 Å². The number of likely N-dealkylation sites (N-methyl/N-ethyl adjacent to an activating group) is 1. The standard InChI is InChI=1S/C15H23BrN2O3/c1-4-18-7-8-21-12(9-18)14(17)10-5-6-11(19-2)13(16)15(10)20-3/h5-6,12,14H,4,7-9,17H2,1-3H3. The average molecular weight is 359 g/mol. The van der Waals surface area contributed by atoms with Gasteiger partial charge >= 0.3 is 0 Å². The Morgan fingerprint density at radius 1 is 1.43 bits per heavy atom. The number of ether oxygens (including phenoxy) is 3. The van der Waals surface area contributed by atoms with Crippen LogP contribution in [0.5, 0.6) is 11.5 Å². The van der Waals surface area contributed by atoms with Crippen molar-refractivity contribution < 1.29 is 14.2 Å². The minimum absolute atomic E-state index is 0.0344. The molecule has 1 fully saturated rings. The van der Waals surface area contributed by atoms with Crippen molar-refractivity contribution in [3.05, 3.63) is 22.2 Å². The number of benzene rings is 1. The van der Waals surface area contributed by atoms with Gasteiger partial charge < -0.3 is 19.9 Å². The van der Waals surface area contributed by atoms with Gasteiger partial charge in [-0.3, -0.25) is 4.90 Å². The van der Waals surface area contributed by atoms with E-state index in [1.54, 1.807) is 14.2 Å². The molecule has 2 unspecified atom stereocenters. The first-order chi connectivity index (χ1) is 10.1. The molecule has 2 N–H and O–H groups in total. The van der Waals surface area contributed by atoms with E-state index in [0.29, 0.717) is 12.4 Å². The molecule has 0 saturated carbocycles. The highest BCUT2D eigenvalue weighted by atomic mass is 79.9. The maximum Gasteiger partial charge on any atom is 0.141 e. The molecule has 1 aliphatic heterocycles. The molecule has 21 heavy (non-hydrogen) atoms. The number of hydrogen-bond acceptors (Lipinski definition) is 5. The minimum atomic E-state index is -0.239. The van der Waals surface area contributed by atoms with Crippen molar-refractivity contribution in [1.82, 2.24) is 4.90 Å². The lowest BCUT2D eigenvalue weighted by molar-refractivity contribution is -0.0395. The van der Waals surface area contributed by atoms with Crippen molar-refractivity contribution in [2.75, 3.05) is 40.5 Å². The summed E-state index contributed by atoms with van der Waals surface area (Å²) < 4.78 is 17.4. The summed E-state index contributed by atoms with van der Waals surface area (Å²) >= 11 is 3.51. The van der Waals surface area contributed by atoms with E-state index >= 15 is 0 Å². The van der Waals surface area contributed by atoms with Gasteiger partial charge in [-0.25, -0.2) is 0 Å². The maximum atomic E-state index is 6.43. The molecular weight excluding hydrogens is 336 g/mol. The van der Waals surface area contributed by atoms with Crippen LogP contribution in [0.1, 0.15) is 18.5 Å². The molecule has 2 rings (SSSR count). The first kappa shape index (κ1) is 16.5. The third-order valence-corrected chi connectivity index (χ3v) is 4.65. The number of halogens is 1. The van der Waals surface area contributed by atoms with Gasteiger partial charge in [-0.1, -0.05) is 6.92 Å². The Labute approximate surface area is 134 Å². The van der Waals surface area contributed by atoms with E-state index in [2.05, 4.69) is 27.8 Å². The van der Waals surface area contributed by atoms with Crippen molar-refractivity contribution in [2.24, 2.45) is 5.73 Å². The predicted molar refractivity (Wildman–Crippen MR) is 86.0 cm³/mol. The summed E-state index contributed by atoms with van der Waals surface area (Å²) in [6.45, 7) is 5.67. The van der Waals surface area contributed by atoms with E-state index < -0.39 is 0 Å². The quantitative estimate of drug-likeness (QED) is 0.874. The Bertz CT molecular complexity index is 484. The smallest absolute Gasteiger partial charge is 0.141 e. The van der Waals surface area contributed by atoms with Crippen molar-refractivity contribution in [1.29, 1.82) is 0 Å². The van der Waals surface area contributed by atoms with Crippen LogP contribution in [0.2, 0.25) is 0 Å². The third kappa shape index (κ3) is 3.51. The number of rotatable bonds is 5. The largest absolute Gasteiger partial charge is 0.495 e. The molecule has 0 bridgehead atoms. The lowest BCUT2D eigenvalue weighted by Gasteiger charge is -2.35. The summed E-state index contributed by atoms with van der Waals surface area (Å²) in [5.41, 5.74) is 7.35.